The first kappa shape index (κ1) is 26.0. The average molecular weight is 512 g/mol. The zero-order valence-corrected chi connectivity index (χ0v) is 22.6. The van der Waals surface area contributed by atoms with E-state index in [1.165, 1.54) is 54.4 Å². The molecule has 0 radical (unpaired) electrons. The molecule has 196 valence electrons. The van der Waals surface area contributed by atoms with E-state index in [4.69, 9.17) is 16.3 Å². The first-order chi connectivity index (χ1) is 17.6. The van der Waals surface area contributed by atoms with Crippen molar-refractivity contribution in [2.24, 2.45) is 0 Å². The van der Waals surface area contributed by atoms with Crippen LogP contribution in [0.5, 0.6) is 0 Å². The van der Waals surface area contributed by atoms with Crippen LogP contribution in [0.3, 0.4) is 0 Å². The van der Waals surface area contributed by atoms with Crippen LogP contribution in [-0.2, 0) is 22.5 Å². The first-order valence-electron chi connectivity index (χ1n) is 14.2. The van der Waals surface area contributed by atoms with Gasteiger partial charge in [-0.15, -0.1) is 0 Å². The maximum absolute atomic E-state index is 13.1. The van der Waals surface area contributed by atoms with E-state index in [0.29, 0.717) is 12.5 Å². The van der Waals surface area contributed by atoms with Gasteiger partial charge in [0.05, 0.1) is 12.6 Å². The molecule has 6 heteroatoms. The van der Waals surface area contributed by atoms with Crippen LogP contribution in [0, 0.1) is 0 Å². The highest BCUT2D eigenvalue weighted by molar-refractivity contribution is 6.31. The number of piperazine rings is 1. The largest absolute Gasteiger partial charge is 0.373 e. The Morgan fingerprint density at radius 1 is 1.06 bits per heavy atom. The fraction of sp³-hybridized carbons (Fsp3) is 0.633. The number of amides is 1. The Balaban J connectivity index is 1.16. The molecule has 2 aliphatic carbocycles. The van der Waals surface area contributed by atoms with Crippen molar-refractivity contribution >= 4 is 23.1 Å². The molecule has 1 amide bonds. The zero-order chi connectivity index (χ0) is 24.9. The number of hydrogen-bond acceptors (Lipinski definition) is 4. The summed E-state index contributed by atoms with van der Waals surface area (Å²) in [6, 6.07) is 7.53. The summed E-state index contributed by atoms with van der Waals surface area (Å²) < 4.78 is 6.13. The van der Waals surface area contributed by atoms with Gasteiger partial charge in [0.15, 0.2) is 0 Å². The summed E-state index contributed by atoms with van der Waals surface area (Å²) >= 11 is 6.37. The van der Waals surface area contributed by atoms with Crippen molar-refractivity contribution in [1.29, 1.82) is 0 Å². The molecular weight excluding hydrogens is 470 g/mol. The average Bonchev–Trinajstić information content (AvgIpc) is 2.92. The maximum Gasteiger partial charge on any atom is 0.236 e. The molecule has 1 unspecified atom stereocenters. The van der Waals surface area contributed by atoms with Crippen molar-refractivity contribution in [3.8, 4) is 0 Å². The first-order valence-corrected chi connectivity index (χ1v) is 14.5. The van der Waals surface area contributed by atoms with Crippen LogP contribution in [0.1, 0.15) is 68.6 Å². The molecule has 2 fully saturated rings. The predicted molar refractivity (Wildman–Crippen MR) is 147 cm³/mol. The summed E-state index contributed by atoms with van der Waals surface area (Å²) in [5, 5.41) is 0.795. The van der Waals surface area contributed by atoms with Gasteiger partial charge in [-0.05, 0) is 60.4 Å². The molecule has 0 N–H and O–H groups in total. The number of carbonyl (C=O) groups excluding carboxylic acids is 1. The van der Waals surface area contributed by atoms with Gasteiger partial charge in [0.2, 0.25) is 5.91 Å². The molecule has 0 spiro atoms. The second kappa shape index (κ2) is 12.3. The Labute approximate surface area is 222 Å². The van der Waals surface area contributed by atoms with Crippen LogP contribution >= 0.6 is 11.6 Å². The number of hydrogen-bond donors (Lipinski definition) is 0. The molecule has 2 heterocycles. The van der Waals surface area contributed by atoms with Crippen molar-refractivity contribution in [1.82, 2.24) is 14.7 Å². The van der Waals surface area contributed by atoms with E-state index in [2.05, 4.69) is 52.0 Å². The van der Waals surface area contributed by atoms with Crippen LogP contribution in [0.15, 0.2) is 35.4 Å². The van der Waals surface area contributed by atoms with Gasteiger partial charge in [0.25, 0.3) is 0 Å². The smallest absolute Gasteiger partial charge is 0.236 e. The van der Waals surface area contributed by atoms with Gasteiger partial charge in [0, 0.05) is 56.9 Å². The van der Waals surface area contributed by atoms with E-state index in [1.807, 2.05) is 0 Å². The third-order valence-corrected chi connectivity index (χ3v) is 8.70. The molecule has 5 nitrogen and oxygen atoms in total. The number of nitrogens with zero attached hydrogens (tertiary/aromatic N) is 3. The van der Waals surface area contributed by atoms with Crippen molar-refractivity contribution in [2.45, 2.75) is 77.0 Å². The van der Waals surface area contributed by atoms with Crippen molar-refractivity contribution in [2.75, 3.05) is 45.9 Å². The van der Waals surface area contributed by atoms with Crippen LogP contribution in [-0.4, -0.2) is 78.6 Å². The lowest BCUT2D eigenvalue weighted by Crippen LogP contribution is -2.54. The Hall–Kier alpha value is -1.66. The minimum Gasteiger partial charge on any atom is -0.373 e. The normalized spacial score (nSPS) is 24.3. The Morgan fingerprint density at radius 3 is 2.64 bits per heavy atom. The van der Waals surface area contributed by atoms with Gasteiger partial charge >= 0.3 is 0 Å². The zero-order valence-electron chi connectivity index (χ0n) is 21.9. The van der Waals surface area contributed by atoms with Crippen molar-refractivity contribution < 1.29 is 9.53 Å². The predicted octanol–water partition coefficient (Wildman–Crippen LogP) is 5.23. The summed E-state index contributed by atoms with van der Waals surface area (Å²) in [7, 11) is 0. The third kappa shape index (κ3) is 6.24. The molecule has 0 aromatic heterocycles. The molecule has 1 aromatic carbocycles. The van der Waals surface area contributed by atoms with E-state index in [0.717, 1.165) is 76.2 Å². The lowest BCUT2D eigenvalue weighted by Gasteiger charge is -2.41. The van der Waals surface area contributed by atoms with Gasteiger partial charge in [-0.1, -0.05) is 62.1 Å². The highest BCUT2D eigenvalue weighted by Gasteiger charge is 2.29. The lowest BCUT2D eigenvalue weighted by molar-refractivity contribution is -0.134. The van der Waals surface area contributed by atoms with Crippen molar-refractivity contribution in [3.05, 3.63) is 52.1 Å². The van der Waals surface area contributed by atoms with Gasteiger partial charge in [-0.2, -0.15) is 0 Å². The molecule has 36 heavy (non-hydrogen) atoms. The second-order valence-corrected chi connectivity index (χ2v) is 11.4. The standard InChI is InChI=1S/C30H42ClN3O2/c1-2-18-36-29-11-10-26(31)20-28(29)24-8-9-25-21-32(13-12-23(25)19-24)22-30(35)34-16-14-33(15-17-34)27-6-4-3-5-7-27/h8-10,19-20,27,29H,2-7,11-18,21-22H2,1H3. The molecule has 0 bridgehead atoms. The monoisotopic (exact) mass is 511 g/mol. The second-order valence-electron chi connectivity index (χ2n) is 10.9. The third-order valence-electron chi connectivity index (χ3n) is 8.44. The van der Waals surface area contributed by atoms with Gasteiger partial charge in [-0.3, -0.25) is 14.6 Å². The highest BCUT2D eigenvalue weighted by atomic mass is 35.5. The number of halogens is 1. The molecule has 1 saturated heterocycles. The van der Waals surface area contributed by atoms with E-state index in [9.17, 15) is 4.79 Å². The van der Waals surface area contributed by atoms with E-state index in [1.54, 1.807) is 0 Å². The maximum atomic E-state index is 13.1. The van der Waals surface area contributed by atoms with Crippen LogP contribution in [0.25, 0.3) is 5.57 Å². The van der Waals surface area contributed by atoms with Gasteiger partial charge < -0.3 is 9.64 Å². The highest BCUT2D eigenvalue weighted by Crippen LogP contribution is 2.33. The molecule has 1 saturated carbocycles. The SMILES string of the molecule is CCCOC1CC=C(Cl)C=C1c1ccc2c(c1)CCN(CC(=O)N1CCN(C3CCCCC3)CC1)C2. The molecule has 5 rings (SSSR count). The number of allylic oxidation sites excluding steroid dienone is 2. The minimum atomic E-state index is 0.0711. The number of rotatable bonds is 7. The topological polar surface area (TPSA) is 36.0 Å². The minimum absolute atomic E-state index is 0.0711. The lowest BCUT2D eigenvalue weighted by atomic mass is 9.90. The molecule has 1 atom stereocenters. The number of fused-ring (bicyclic) bond motifs is 1. The molecule has 4 aliphatic rings. The Morgan fingerprint density at radius 2 is 1.86 bits per heavy atom. The fourth-order valence-corrected chi connectivity index (χ4v) is 6.54. The fourth-order valence-electron chi connectivity index (χ4n) is 6.33. The van der Waals surface area contributed by atoms with Gasteiger partial charge in [-0.25, -0.2) is 0 Å². The summed E-state index contributed by atoms with van der Waals surface area (Å²) in [6.07, 6.45) is 13.8. The van der Waals surface area contributed by atoms with Crippen LogP contribution < -0.4 is 0 Å². The Kier molecular flexibility index (Phi) is 8.84. The van der Waals surface area contributed by atoms with E-state index in [-0.39, 0.29) is 6.10 Å². The summed E-state index contributed by atoms with van der Waals surface area (Å²) in [5.74, 6) is 0.295. The number of benzene rings is 1. The number of ether oxygens (including phenoxy) is 1. The summed E-state index contributed by atoms with van der Waals surface area (Å²) in [6.45, 7) is 9.06. The quantitative estimate of drug-likeness (QED) is 0.502. The van der Waals surface area contributed by atoms with Crippen LogP contribution in [0.4, 0.5) is 0 Å². The Bertz CT molecular complexity index is 976. The molecule has 1 aromatic rings. The number of carbonyl (C=O) groups is 1. The van der Waals surface area contributed by atoms with Gasteiger partial charge in [0.1, 0.15) is 0 Å². The summed E-state index contributed by atoms with van der Waals surface area (Å²) in [4.78, 5) is 20.2. The van der Waals surface area contributed by atoms with Crippen LogP contribution in [0.2, 0.25) is 0 Å². The van der Waals surface area contributed by atoms with E-state index >= 15 is 0 Å². The van der Waals surface area contributed by atoms with Crippen molar-refractivity contribution in [3.63, 3.8) is 0 Å². The molecular formula is C30H42ClN3O2. The summed E-state index contributed by atoms with van der Waals surface area (Å²) in [5.41, 5.74) is 5.12. The molecule has 2 aliphatic heterocycles. The van der Waals surface area contributed by atoms with E-state index < -0.39 is 0 Å².